The van der Waals surface area contributed by atoms with Crippen LogP contribution >= 0.6 is 11.6 Å². The smallest absolute Gasteiger partial charge is 0.339 e. The molecule has 2 aromatic carbocycles. The summed E-state index contributed by atoms with van der Waals surface area (Å²) in [5.41, 5.74) is 0.309. The summed E-state index contributed by atoms with van der Waals surface area (Å²) in [6, 6.07) is 10.1. The molecule has 1 heterocycles. The lowest BCUT2D eigenvalue weighted by molar-refractivity contribution is -0.119. The monoisotopic (exact) mass is 386 g/mol. The number of hydrogen-bond acceptors (Lipinski definition) is 6. The second-order valence-electron chi connectivity index (χ2n) is 5.70. The Balaban J connectivity index is 1.94. The van der Waals surface area contributed by atoms with Gasteiger partial charge < -0.3 is 10.1 Å². The Hall–Kier alpha value is -3.26. The summed E-state index contributed by atoms with van der Waals surface area (Å²) in [5.74, 6) is -1.19. The fourth-order valence-electron chi connectivity index (χ4n) is 2.51. The van der Waals surface area contributed by atoms with E-state index in [1.165, 1.54) is 32.2 Å². The molecule has 0 saturated heterocycles. The van der Waals surface area contributed by atoms with Crippen molar-refractivity contribution < 1.29 is 14.3 Å². The molecular weight excluding hydrogens is 372 g/mol. The minimum absolute atomic E-state index is 0.138. The number of nitrogens with zero attached hydrogens (tertiary/aromatic N) is 3. The van der Waals surface area contributed by atoms with E-state index >= 15 is 0 Å². The molecule has 0 aliphatic heterocycles. The Morgan fingerprint density at radius 3 is 2.70 bits per heavy atom. The predicted molar refractivity (Wildman–Crippen MR) is 99.9 cm³/mol. The maximum atomic E-state index is 12.6. The van der Waals surface area contributed by atoms with Gasteiger partial charge in [0.1, 0.15) is 11.6 Å². The topological polar surface area (TPSA) is 103 Å². The molecule has 0 spiro atoms. The second-order valence-corrected chi connectivity index (χ2v) is 6.14. The predicted octanol–water partition coefficient (Wildman–Crippen LogP) is 2.43. The molecule has 0 radical (unpaired) electrons. The first-order valence-corrected chi connectivity index (χ1v) is 8.33. The number of benzene rings is 2. The highest BCUT2D eigenvalue weighted by Crippen LogP contribution is 2.23. The molecule has 8 nitrogen and oxygen atoms in total. The lowest BCUT2D eigenvalue weighted by Crippen LogP contribution is -2.34. The van der Waals surface area contributed by atoms with E-state index in [1.54, 1.807) is 24.3 Å². The molecule has 0 aliphatic rings. The Bertz CT molecular complexity index is 1100. The van der Waals surface area contributed by atoms with Crippen molar-refractivity contribution in [3.8, 4) is 0 Å². The van der Waals surface area contributed by atoms with Crippen molar-refractivity contribution in [3.63, 3.8) is 0 Å². The third-order valence-electron chi connectivity index (χ3n) is 3.98. The fourth-order valence-corrected chi connectivity index (χ4v) is 2.68. The van der Waals surface area contributed by atoms with E-state index in [1.807, 2.05) is 0 Å². The SMILES string of the molecule is COC(=O)c1ccc(Cl)cc1NC(=O)C(C)n1nnc2ccccc2c1=O. The van der Waals surface area contributed by atoms with E-state index in [2.05, 4.69) is 15.6 Å². The molecule has 3 rings (SSSR count). The van der Waals surface area contributed by atoms with Crippen molar-refractivity contribution in [2.45, 2.75) is 13.0 Å². The van der Waals surface area contributed by atoms with Crippen molar-refractivity contribution in [1.82, 2.24) is 15.0 Å². The Labute approximate surface area is 158 Å². The van der Waals surface area contributed by atoms with Crippen LogP contribution in [-0.4, -0.2) is 34.0 Å². The largest absolute Gasteiger partial charge is 0.465 e. The summed E-state index contributed by atoms with van der Waals surface area (Å²) in [6.07, 6.45) is 0. The fraction of sp³-hybridized carbons (Fsp3) is 0.167. The van der Waals surface area contributed by atoms with E-state index in [4.69, 9.17) is 16.3 Å². The number of anilines is 1. The highest BCUT2D eigenvalue weighted by atomic mass is 35.5. The van der Waals surface area contributed by atoms with Gasteiger partial charge in [-0.3, -0.25) is 9.59 Å². The van der Waals surface area contributed by atoms with Gasteiger partial charge in [0.25, 0.3) is 5.56 Å². The number of carbonyl (C=O) groups is 2. The standard InChI is InChI=1S/C18H15ClN4O4/c1-10(23-17(25)12-5-3-4-6-14(12)21-22-23)16(24)20-15-9-11(19)7-8-13(15)18(26)27-2/h3-10H,1-2H3,(H,20,24). The van der Waals surface area contributed by atoms with Crippen LogP contribution in [0.5, 0.6) is 0 Å². The van der Waals surface area contributed by atoms with E-state index < -0.39 is 23.5 Å². The van der Waals surface area contributed by atoms with Crippen LogP contribution in [0.1, 0.15) is 23.3 Å². The Kier molecular flexibility index (Phi) is 5.18. The van der Waals surface area contributed by atoms with Crippen LogP contribution in [0.15, 0.2) is 47.3 Å². The summed E-state index contributed by atoms with van der Waals surface area (Å²) in [5, 5.41) is 11.1. The molecule has 1 amide bonds. The average Bonchev–Trinajstić information content (AvgIpc) is 2.67. The summed E-state index contributed by atoms with van der Waals surface area (Å²) < 4.78 is 5.69. The summed E-state index contributed by atoms with van der Waals surface area (Å²) in [4.78, 5) is 37.1. The van der Waals surface area contributed by atoms with E-state index in [-0.39, 0.29) is 11.3 Å². The van der Waals surface area contributed by atoms with E-state index in [0.717, 1.165) is 4.68 Å². The van der Waals surface area contributed by atoms with Crippen molar-refractivity contribution >= 4 is 40.1 Å². The van der Waals surface area contributed by atoms with E-state index in [0.29, 0.717) is 15.9 Å². The zero-order valence-corrected chi connectivity index (χ0v) is 15.2. The van der Waals surface area contributed by atoms with Gasteiger partial charge in [-0.25, -0.2) is 4.79 Å². The maximum Gasteiger partial charge on any atom is 0.339 e. The number of carbonyl (C=O) groups excluding carboxylic acids is 2. The molecule has 1 unspecified atom stereocenters. The first kappa shape index (κ1) is 18.5. The van der Waals surface area contributed by atoms with E-state index in [9.17, 15) is 14.4 Å². The van der Waals surface area contributed by atoms with Crippen molar-refractivity contribution in [2.75, 3.05) is 12.4 Å². The second kappa shape index (κ2) is 7.55. The first-order chi connectivity index (χ1) is 12.9. The molecule has 0 saturated carbocycles. The van der Waals surface area contributed by atoms with Crippen LogP contribution < -0.4 is 10.9 Å². The lowest BCUT2D eigenvalue weighted by atomic mass is 10.1. The molecule has 1 atom stereocenters. The minimum atomic E-state index is -0.973. The van der Waals surface area contributed by atoms with Gasteiger partial charge in [0.2, 0.25) is 5.91 Å². The number of aromatic nitrogens is 3. The number of hydrogen-bond donors (Lipinski definition) is 1. The number of halogens is 1. The highest BCUT2D eigenvalue weighted by Gasteiger charge is 2.22. The molecular formula is C18H15ClN4O4. The zero-order chi connectivity index (χ0) is 19.6. The van der Waals surface area contributed by atoms with Gasteiger partial charge >= 0.3 is 5.97 Å². The molecule has 27 heavy (non-hydrogen) atoms. The summed E-state index contributed by atoms with van der Waals surface area (Å²) >= 11 is 5.95. The van der Waals surface area contributed by atoms with Gasteiger partial charge in [0, 0.05) is 5.02 Å². The van der Waals surface area contributed by atoms with Gasteiger partial charge in [-0.15, -0.1) is 5.10 Å². The first-order valence-electron chi connectivity index (χ1n) is 7.95. The molecule has 0 fully saturated rings. The number of methoxy groups -OCH3 is 1. The van der Waals surface area contributed by atoms with Crippen LogP contribution in [0.2, 0.25) is 5.02 Å². The lowest BCUT2D eigenvalue weighted by Gasteiger charge is -2.15. The van der Waals surface area contributed by atoms with Gasteiger partial charge in [-0.1, -0.05) is 28.9 Å². The molecule has 3 aromatic rings. The normalized spacial score (nSPS) is 11.8. The average molecular weight is 387 g/mol. The van der Waals surface area contributed by atoms with Crippen LogP contribution in [0.3, 0.4) is 0 Å². The van der Waals surface area contributed by atoms with Gasteiger partial charge in [-0.05, 0) is 37.3 Å². The summed E-state index contributed by atoms with van der Waals surface area (Å²) in [7, 11) is 1.23. The number of ether oxygens (including phenoxy) is 1. The number of rotatable bonds is 4. The molecule has 138 valence electrons. The third kappa shape index (κ3) is 3.65. The number of esters is 1. The molecule has 1 aromatic heterocycles. The van der Waals surface area contributed by atoms with Crippen LogP contribution in [0, 0.1) is 0 Å². The highest BCUT2D eigenvalue weighted by molar-refractivity contribution is 6.31. The Morgan fingerprint density at radius 1 is 1.22 bits per heavy atom. The van der Waals surface area contributed by atoms with Crippen LogP contribution in [0.25, 0.3) is 10.9 Å². The summed E-state index contributed by atoms with van der Waals surface area (Å²) in [6.45, 7) is 1.50. The molecule has 0 aliphatic carbocycles. The quantitative estimate of drug-likeness (QED) is 0.691. The van der Waals surface area contributed by atoms with Crippen molar-refractivity contribution in [2.24, 2.45) is 0 Å². The number of amides is 1. The van der Waals surface area contributed by atoms with Gasteiger partial charge in [-0.2, -0.15) is 4.68 Å². The number of fused-ring (bicyclic) bond motifs is 1. The molecule has 9 heteroatoms. The maximum absolute atomic E-state index is 12.6. The van der Waals surface area contributed by atoms with Gasteiger partial charge in [0.05, 0.1) is 23.7 Å². The van der Waals surface area contributed by atoms with Gasteiger partial charge in [0.15, 0.2) is 0 Å². The molecule has 1 N–H and O–H groups in total. The van der Waals surface area contributed by atoms with Crippen LogP contribution in [-0.2, 0) is 9.53 Å². The zero-order valence-electron chi connectivity index (χ0n) is 14.5. The Morgan fingerprint density at radius 2 is 1.96 bits per heavy atom. The third-order valence-corrected chi connectivity index (χ3v) is 4.22. The van der Waals surface area contributed by atoms with Crippen molar-refractivity contribution in [3.05, 3.63) is 63.4 Å². The number of nitrogens with one attached hydrogen (secondary N) is 1. The molecule has 0 bridgehead atoms. The van der Waals surface area contributed by atoms with Crippen LogP contribution in [0.4, 0.5) is 5.69 Å². The van der Waals surface area contributed by atoms with Crippen molar-refractivity contribution in [1.29, 1.82) is 0 Å². The minimum Gasteiger partial charge on any atom is -0.465 e.